The molecule has 5 heteroatoms. The molecular weight excluding hydrogens is 242 g/mol. The standard InChI is InChI=1S/C14H15N3O2/c15-13(18)8-2-1-3-10-12(8)19-14(17-10)11-6-7-4-5-9(7)16-11/h1-3,7,9,11,16H,4-6H2,(H2,15,18). The van der Waals surface area contributed by atoms with Crippen molar-refractivity contribution in [1.29, 1.82) is 0 Å². The molecule has 19 heavy (non-hydrogen) atoms. The second-order valence-electron chi connectivity index (χ2n) is 5.47. The summed E-state index contributed by atoms with van der Waals surface area (Å²) in [6, 6.07) is 6.09. The SMILES string of the molecule is NC(=O)c1cccc2nc(C3CC4CCC4N3)oc12. The van der Waals surface area contributed by atoms with E-state index in [0.717, 1.165) is 12.3 Å². The Hall–Kier alpha value is -1.88. The van der Waals surface area contributed by atoms with Gasteiger partial charge in [-0.3, -0.25) is 4.79 Å². The molecule has 2 fully saturated rings. The molecule has 2 heterocycles. The van der Waals surface area contributed by atoms with Crippen molar-refractivity contribution < 1.29 is 9.21 Å². The fraction of sp³-hybridized carbons (Fsp3) is 0.429. The van der Waals surface area contributed by atoms with Crippen LogP contribution in [0.2, 0.25) is 0 Å². The average Bonchev–Trinajstić information content (AvgIpc) is 2.91. The second-order valence-corrected chi connectivity index (χ2v) is 5.47. The summed E-state index contributed by atoms with van der Waals surface area (Å²) in [5, 5.41) is 3.54. The van der Waals surface area contributed by atoms with Crippen LogP contribution in [0.15, 0.2) is 22.6 Å². The Morgan fingerprint density at radius 1 is 1.42 bits per heavy atom. The molecule has 1 amide bonds. The number of hydrogen-bond acceptors (Lipinski definition) is 4. The number of nitrogens with two attached hydrogens (primary N) is 1. The third-order valence-corrected chi connectivity index (χ3v) is 4.37. The normalized spacial score (nSPS) is 29.2. The number of fused-ring (bicyclic) bond motifs is 2. The van der Waals surface area contributed by atoms with Crippen LogP contribution in [0.5, 0.6) is 0 Å². The van der Waals surface area contributed by atoms with Crippen LogP contribution in [0.25, 0.3) is 11.1 Å². The lowest BCUT2D eigenvalue weighted by Crippen LogP contribution is -2.35. The third kappa shape index (κ3) is 1.58. The molecule has 3 atom stereocenters. The van der Waals surface area contributed by atoms with Gasteiger partial charge in [0.05, 0.1) is 11.6 Å². The number of rotatable bonds is 2. The summed E-state index contributed by atoms with van der Waals surface area (Å²) in [5.74, 6) is 0.960. The maximum absolute atomic E-state index is 11.4. The van der Waals surface area contributed by atoms with Gasteiger partial charge in [-0.15, -0.1) is 0 Å². The third-order valence-electron chi connectivity index (χ3n) is 4.37. The zero-order chi connectivity index (χ0) is 13.0. The molecule has 98 valence electrons. The number of primary amides is 1. The average molecular weight is 257 g/mol. The molecule has 1 aliphatic heterocycles. The fourth-order valence-corrected chi connectivity index (χ4v) is 3.18. The number of nitrogens with zero attached hydrogens (tertiary/aromatic N) is 1. The summed E-state index contributed by atoms with van der Waals surface area (Å²) in [6.07, 6.45) is 3.61. The van der Waals surface area contributed by atoms with E-state index in [1.165, 1.54) is 12.8 Å². The van der Waals surface area contributed by atoms with Crippen LogP contribution in [-0.2, 0) is 0 Å². The van der Waals surface area contributed by atoms with E-state index in [-0.39, 0.29) is 6.04 Å². The van der Waals surface area contributed by atoms with E-state index in [1.54, 1.807) is 12.1 Å². The maximum Gasteiger partial charge on any atom is 0.252 e. The van der Waals surface area contributed by atoms with Crippen LogP contribution >= 0.6 is 0 Å². The Morgan fingerprint density at radius 2 is 2.32 bits per heavy atom. The van der Waals surface area contributed by atoms with E-state index in [2.05, 4.69) is 10.3 Å². The van der Waals surface area contributed by atoms with Gasteiger partial charge in [0.1, 0.15) is 5.52 Å². The van der Waals surface area contributed by atoms with E-state index in [4.69, 9.17) is 10.2 Å². The van der Waals surface area contributed by atoms with Crippen LogP contribution in [0, 0.1) is 5.92 Å². The van der Waals surface area contributed by atoms with Gasteiger partial charge in [0.2, 0.25) is 5.89 Å². The predicted molar refractivity (Wildman–Crippen MR) is 69.5 cm³/mol. The van der Waals surface area contributed by atoms with Gasteiger partial charge in [-0.05, 0) is 37.3 Å². The van der Waals surface area contributed by atoms with Gasteiger partial charge in [0.25, 0.3) is 5.91 Å². The van der Waals surface area contributed by atoms with Crippen molar-refractivity contribution in [3.63, 3.8) is 0 Å². The van der Waals surface area contributed by atoms with Crippen molar-refractivity contribution in [1.82, 2.24) is 10.3 Å². The number of hydrogen-bond donors (Lipinski definition) is 2. The van der Waals surface area contributed by atoms with Crippen molar-refractivity contribution in [2.45, 2.75) is 31.3 Å². The van der Waals surface area contributed by atoms with Gasteiger partial charge in [0.15, 0.2) is 5.58 Å². The van der Waals surface area contributed by atoms with E-state index in [0.29, 0.717) is 28.6 Å². The molecule has 5 nitrogen and oxygen atoms in total. The highest BCUT2D eigenvalue weighted by molar-refractivity contribution is 6.03. The molecule has 1 saturated carbocycles. The number of nitrogens with one attached hydrogen (secondary N) is 1. The Morgan fingerprint density at radius 3 is 2.95 bits per heavy atom. The molecule has 0 radical (unpaired) electrons. The quantitative estimate of drug-likeness (QED) is 0.858. The van der Waals surface area contributed by atoms with Crippen molar-refractivity contribution in [3.05, 3.63) is 29.7 Å². The van der Waals surface area contributed by atoms with Gasteiger partial charge in [-0.1, -0.05) is 6.07 Å². The first-order valence-electron chi connectivity index (χ1n) is 6.67. The molecular formula is C14H15N3O2. The van der Waals surface area contributed by atoms with Crippen molar-refractivity contribution in [3.8, 4) is 0 Å². The van der Waals surface area contributed by atoms with Crippen LogP contribution < -0.4 is 11.1 Å². The molecule has 3 N–H and O–H groups in total. The first kappa shape index (κ1) is 11.0. The molecule has 1 aromatic carbocycles. The van der Waals surface area contributed by atoms with Crippen molar-refractivity contribution >= 4 is 17.0 Å². The van der Waals surface area contributed by atoms with Crippen LogP contribution in [0.3, 0.4) is 0 Å². The second kappa shape index (κ2) is 3.81. The minimum atomic E-state index is -0.479. The van der Waals surface area contributed by atoms with E-state index >= 15 is 0 Å². The lowest BCUT2D eigenvalue weighted by molar-refractivity contribution is 0.100. The number of amides is 1. The van der Waals surface area contributed by atoms with Gasteiger partial charge < -0.3 is 15.5 Å². The molecule has 1 aliphatic carbocycles. The minimum absolute atomic E-state index is 0.172. The highest BCUT2D eigenvalue weighted by Gasteiger charge is 2.42. The number of oxazole rings is 1. The molecule has 2 aliphatic rings. The number of benzene rings is 1. The number of carbonyl (C=O) groups excluding carboxylic acids is 1. The summed E-state index contributed by atoms with van der Waals surface area (Å²) in [7, 11) is 0. The van der Waals surface area contributed by atoms with Gasteiger partial charge in [-0.25, -0.2) is 4.98 Å². The topological polar surface area (TPSA) is 81.2 Å². The minimum Gasteiger partial charge on any atom is -0.438 e. The zero-order valence-corrected chi connectivity index (χ0v) is 10.4. The van der Waals surface area contributed by atoms with Crippen LogP contribution in [0.4, 0.5) is 0 Å². The smallest absolute Gasteiger partial charge is 0.252 e. The van der Waals surface area contributed by atoms with Crippen molar-refractivity contribution in [2.75, 3.05) is 0 Å². The summed E-state index contributed by atoms with van der Waals surface area (Å²) >= 11 is 0. The van der Waals surface area contributed by atoms with Crippen LogP contribution in [-0.4, -0.2) is 16.9 Å². The molecule has 1 aromatic heterocycles. The van der Waals surface area contributed by atoms with Crippen LogP contribution in [0.1, 0.15) is 41.6 Å². The number of para-hydroxylation sites is 1. The van der Waals surface area contributed by atoms with E-state index in [9.17, 15) is 4.79 Å². The van der Waals surface area contributed by atoms with E-state index < -0.39 is 5.91 Å². The molecule has 0 spiro atoms. The summed E-state index contributed by atoms with van der Waals surface area (Å²) in [6.45, 7) is 0. The number of carbonyl (C=O) groups is 1. The number of aromatic nitrogens is 1. The molecule has 4 rings (SSSR count). The highest BCUT2D eigenvalue weighted by Crippen LogP contribution is 2.42. The Bertz CT molecular complexity index is 652. The van der Waals surface area contributed by atoms with Crippen molar-refractivity contribution in [2.24, 2.45) is 11.7 Å². The first-order chi connectivity index (χ1) is 9.22. The predicted octanol–water partition coefficient (Wildman–Crippen LogP) is 1.74. The summed E-state index contributed by atoms with van der Waals surface area (Å²) in [5.41, 5.74) is 6.96. The highest BCUT2D eigenvalue weighted by atomic mass is 16.4. The molecule has 2 aromatic rings. The molecule has 0 bridgehead atoms. The Kier molecular flexibility index (Phi) is 2.20. The summed E-state index contributed by atoms with van der Waals surface area (Å²) < 4.78 is 5.79. The van der Waals surface area contributed by atoms with E-state index in [1.807, 2.05) is 6.07 Å². The monoisotopic (exact) mass is 257 g/mol. The zero-order valence-electron chi connectivity index (χ0n) is 10.4. The summed E-state index contributed by atoms with van der Waals surface area (Å²) in [4.78, 5) is 15.9. The van der Waals surface area contributed by atoms with Gasteiger partial charge in [-0.2, -0.15) is 0 Å². The molecule has 1 saturated heterocycles. The fourth-order valence-electron chi connectivity index (χ4n) is 3.18. The Balaban J connectivity index is 1.75. The van der Waals surface area contributed by atoms with Gasteiger partial charge >= 0.3 is 0 Å². The van der Waals surface area contributed by atoms with Gasteiger partial charge in [0, 0.05) is 6.04 Å². The Labute approximate surface area is 110 Å². The largest absolute Gasteiger partial charge is 0.438 e. The lowest BCUT2D eigenvalue weighted by atomic mass is 9.80. The molecule has 3 unspecified atom stereocenters. The lowest BCUT2D eigenvalue weighted by Gasteiger charge is -2.29. The first-order valence-corrected chi connectivity index (χ1v) is 6.67. The maximum atomic E-state index is 11.4.